The molecule has 1 amide bonds. The van der Waals surface area contributed by atoms with Crippen molar-refractivity contribution in [3.8, 4) is 17.0 Å². The number of likely N-dealkylation sites (N-methyl/N-ethyl adjacent to an activating group) is 1. The van der Waals surface area contributed by atoms with Gasteiger partial charge in [0.25, 0.3) is 0 Å². The topological polar surface area (TPSA) is 118 Å². The van der Waals surface area contributed by atoms with Gasteiger partial charge in [0.1, 0.15) is 35.2 Å². The molecule has 1 aliphatic rings. The molecule has 9 heteroatoms. The van der Waals surface area contributed by atoms with Crippen LogP contribution in [0.3, 0.4) is 0 Å². The maximum Gasteiger partial charge on any atom is 0.404 e. The molecule has 2 aromatic heterocycles. The summed E-state index contributed by atoms with van der Waals surface area (Å²) in [6.45, 7) is 7.89. The lowest BCUT2D eigenvalue weighted by atomic mass is 9.89. The summed E-state index contributed by atoms with van der Waals surface area (Å²) in [6.07, 6.45) is 9.01. The molecule has 0 saturated heterocycles. The normalized spacial score (nSPS) is 13.5. The number of nitrogens with zero attached hydrogens (tertiary/aromatic N) is 4. The molecule has 0 unspecified atom stereocenters. The van der Waals surface area contributed by atoms with Crippen LogP contribution in [0.15, 0.2) is 67.0 Å². The Labute approximate surface area is 242 Å². The lowest BCUT2D eigenvalue weighted by Gasteiger charge is -2.20. The van der Waals surface area contributed by atoms with Crippen molar-refractivity contribution in [2.75, 3.05) is 31.9 Å². The van der Waals surface area contributed by atoms with Gasteiger partial charge in [0.2, 0.25) is 0 Å². The summed E-state index contributed by atoms with van der Waals surface area (Å²) in [7, 11) is 0. The van der Waals surface area contributed by atoms with E-state index in [2.05, 4.69) is 51.6 Å². The number of amides is 1. The average Bonchev–Trinajstić information content (AvgIpc) is 3.41. The summed E-state index contributed by atoms with van der Waals surface area (Å²) in [5.74, 6) is 2.90. The van der Waals surface area contributed by atoms with Crippen LogP contribution in [-0.2, 0) is 6.61 Å². The standard InChI is InChI=1S/C25H26N4O.C7H16N2O2/c26-24-23-22(28-25(29(23)15-14-27-24)19-10-5-2-6-11-19)20-12-7-13-21(16-20)30-17-18-8-3-1-4-9-18;1-3-9(4-2)6-5-8-7(10)11/h1,3-4,7-9,12-16,19H,2,5-6,10-11,17H2,(H2,26,27);8H,3-6H2,1-2H3,(H,10,11). The first-order valence-electron chi connectivity index (χ1n) is 14.6. The molecule has 2 heterocycles. The zero-order valence-electron chi connectivity index (χ0n) is 24.1. The van der Waals surface area contributed by atoms with Crippen LogP contribution in [0.5, 0.6) is 5.75 Å². The van der Waals surface area contributed by atoms with Crippen LogP contribution in [0.4, 0.5) is 10.6 Å². The number of imidazole rings is 1. The highest BCUT2D eigenvalue weighted by Crippen LogP contribution is 2.37. The van der Waals surface area contributed by atoms with Crippen LogP contribution >= 0.6 is 0 Å². The third-order valence-electron chi connectivity index (χ3n) is 7.54. The summed E-state index contributed by atoms with van der Waals surface area (Å²) in [5, 5.41) is 10.6. The third kappa shape index (κ3) is 8.20. The number of nitrogens with one attached hydrogen (secondary N) is 1. The number of nitrogen functional groups attached to an aromatic ring is 1. The number of carbonyl (C=O) groups is 1. The highest BCUT2D eigenvalue weighted by Gasteiger charge is 2.24. The smallest absolute Gasteiger partial charge is 0.404 e. The van der Waals surface area contributed by atoms with E-state index in [0.29, 0.717) is 24.9 Å². The lowest BCUT2D eigenvalue weighted by Crippen LogP contribution is -2.33. The maximum absolute atomic E-state index is 10.0. The van der Waals surface area contributed by atoms with Crippen molar-refractivity contribution in [3.63, 3.8) is 0 Å². The molecule has 2 aromatic carbocycles. The van der Waals surface area contributed by atoms with Crippen molar-refractivity contribution in [2.45, 2.75) is 58.5 Å². The zero-order valence-corrected chi connectivity index (χ0v) is 24.1. The minimum atomic E-state index is -0.947. The van der Waals surface area contributed by atoms with Crippen molar-refractivity contribution >= 4 is 17.4 Å². The summed E-state index contributed by atoms with van der Waals surface area (Å²) >= 11 is 0. The molecule has 0 bridgehead atoms. The third-order valence-corrected chi connectivity index (χ3v) is 7.54. The molecule has 0 aliphatic heterocycles. The van der Waals surface area contributed by atoms with E-state index in [0.717, 1.165) is 53.5 Å². The number of fused-ring (bicyclic) bond motifs is 1. The van der Waals surface area contributed by atoms with Gasteiger partial charge < -0.3 is 25.8 Å². The first-order chi connectivity index (χ1) is 20.0. The van der Waals surface area contributed by atoms with E-state index >= 15 is 0 Å². The van der Waals surface area contributed by atoms with Gasteiger partial charge in [0, 0.05) is 37.0 Å². The molecular weight excluding hydrogens is 516 g/mol. The lowest BCUT2D eigenvalue weighted by molar-refractivity contribution is 0.191. The number of aromatic nitrogens is 3. The quantitative estimate of drug-likeness (QED) is 0.212. The predicted octanol–water partition coefficient (Wildman–Crippen LogP) is 6.20. The van der Waals surface area contributed by atoms with E-state index in [9.17, 15) is 4.79 Å². The summed E-state index contributed by atoms with van der Waals surface area (Å²) in [6, 6.07) is 18.3. The van der Waals surface area contributed by atoms with Gasteiger partial charge >= 0.3 is 6.09 Å². The Hall–Kier alpha value is -4.11. The Morgan fingerprint density at radius 3 is 2.56 bits per heavy atom. The van der Waals surface area contributed by atoms with Crippen molar-refractivity contribution in [3.05, 3.63) is 78.4 Å². The molecule has 4 N–H and O–H groups in total. The SMILES string of the molecule is CCN(CC)CCNC(=O)O.Nc1nccn2c(C3CCCCC3)nc(-c3cccc(OCc4ccccc4)c3)c12. The van der Waals surface area contributed by atoms with E-state index in [1.54, 1.807) is 6.20 Å². The zero-order chi connectivity index (χ0) is 29.0. The van der Waals surface area contributed by atoms with Gasteiger partial charge in [-0.1, -0.05) is 75.6 Å². The maximum atomic E-state index is 10.0. The van der Waals surface area contributed by atoms with Crippen molar-refractivity contribution in [1.29, 1.82) is 0 Å². The second-order valence-electron chi connectivity index (χ2n) is 10.2. The number of hydrogen-bond donors (Lipinski definition) is 3. The molecule has 41 heavy (non-hydrogen) atoms. The van der Waals surface area contributed by atoms with Gasteiger partial charge in [-0.15, -0.1) is 0 Å². The van der Waals surface area contributed by atoms with Crippen LogP contribution in [0.25, 0.3) is 16.8 Å². The molecular formula is C32H42N6O3. The molecule has 1 aliphatic carbocycles. The van der Waals surface area contributed by atoms with Crippen LogP contribution < -0.4 is 15.8 Å². The summed E-state index contributed by atoms with van der Waals surface area (Å²) < 4.78 is 8.18. The molecule has 0 spiro atoms. The molecule has 218 valence electrons. The molecule has 0 atom stereocenters. The molecule has 5 rings (SSSR count). The first-order valence-corrected chi connectivity index (χ1v) is 14.6. The largest absolute Gasteiger partial charge is 0.489 e. The Morgan fingerprint density at radius 1 is 1.10 bits per heavy atom. The number of ether oxygens (including phenoxy) is 1. The van der Waals surface area contributed by atoms with Gasteiger partial charge in [-0.2, -0.15) is 0 Å². The van der Waals surface area contributed by atoms with E-state index < -0.39 is 6.09 Å². The summed E-state index contributed by atoms with van der Waals surface area (Å²) in [5.41, 5.74) is 10.2. The minimum Gasteiger partial charge on any atom is -0.489 e. The Kier molecular flexibility index (Phi) is 11.0. The van der Waals surface area contributed by atoms with Crippen LogP contribution in [0, 0.1) is 0 Å². The van der Waals surface area contributed by atoms with Crippen LogP contribution in [-0.4, -0.2) is 56.6 Å². The highest BCUT2D eigenvalue weighted by molar-refractivity contribution is 5.85. The fourth-order valence-electron chi connectivity index (χ4n) is 5.27. The van der Waals surface area contributed by atoms with Crippen LogP contribution in [0.2, 0.25) is 0 Å². The fraction of sp³-hybridized carbons (Fsp3) is 0.406. The van der Waals surface area contributed by atoms with Gasteiger partial charge in [-0.05, 0) is 43.6 Å². The second-order valence-corrected chi connectivity index (χ2v) is 10.2. The number of carboxylic acid groups (broad SMARTS) is 1. The van der Waals surface area contributed by atoms with E-state index in [4.69, 9.17) is 20.6 Å². The van der Waals surface area contributed by atoms with Crippen molar-refractivity contribution in [2.24, 2.45) is 0 Å². The number of nitrogens with two attached hydrogens (primary N) is 1. The van der Waals surface area contributed by atoms with E-state index in [1.807, 2.05) is 42.6 Å². The van der Waals surface area contributed by atoms with Gasteiger partial charge in [-0.3, -0.25) is 4.40 Å². The van der Waals surface area contributed by atoms with Gasteiger partial charge in [0.15, 0.2) is 0 Å². The van der Waals surface area contributed by atoms with Gasteiger partial charge in [-0.25, -0.2) is 14.8 Å². The molecule has 4 aromatic rings. The highest BCUT2D eigenvalue weighted by atomic mass is 16.5. The minimum absolute atomic E-state index is 0.472. The van der Waals surface area contributed by atoms with Gasteiger partial charge in [0.05, 0.1) is 0 Å². The second kappa shape index (κ2) is 15.0. The molecule has 0 radical (unpaired) electrons. The number of anilines is 1. The van der Waals surface area contributed by atoms with E-state index in [1.165, 1.54) is 32.1 Å². The Bertz CT molecular complexity index is 1380. The number of rotatable bonds is 10. The molecule has 1 saturated carbocycles. The fourth-order valence-corrected chi connectivity index (χ4v) is 5.27. The molecule has 1 fully saturated rings. The monoisotopic (exact) mass is 558 g/mol. The van der Waals surface area contributed by atoms with Crippen LogP contribution in [0.1, 0.15) is 63.3 Å². The van der Waals surface area contributed by atoms with E-state index in [-0.39, 0.29) is 0 Å². The Balaban J connectivity index is 0.000000301. The Morgan fingerprint density at radius 2 is 1.85 bits per heavy atom. The number of hydrogen-bond acceptors (Lipinski definition) is 6. The first kappa shape index (κ1) is 29.9. The molecule has 9 nitrogen and oxygen atoms in total. The number of benzene rings is 2. The predicted molar refractivity (Wildman–Crippen MR) is 163 cm³/mol. The summed E-state index contributed by atoms with van der Waals surface area (Å²) in [4.78, 5) is 21.6. The van der Waals surface area contributed by atoms with Crippen molar-refractivity contribution < 1.29 is 14.6 Å². The average molecular weight is 559 g/mol. The van der Waals surface area contributed by atoms with Crippen molar-refractivity contribution in [1.82, 2.24) is 24.6 Å².